The summed E-state index contributed by atoms with van der Waals surface area (Å²) in [6.07, 6.45) is 1.60. The summed E-state index contributed by atoms with van der Waals surface area (Å²) in [6, 6.07) is 13.3. The Morgan fingerprint density at radius 1 is 0.971 bits per heavy atom. The van der Waals surface area contributed by atoms with Gasteiger partial charge in [0.15, 0.2) is 28.8 Å². The van der Waals surface area contributed by atoms with Gasteiger partial charge in [-0.1, -0.05) is 12.1 Å². The summed E-state index contributed by atoms with van der Waals surface area (Å²) in [5, 5.41) is 0. The molecular formula is C26H20O8. The Morgan fingerprint density at radius 3 is 2.59 bits per heavy atom. The Hall–Kier alpha value is -4.46. The Kier molecular flexibility index (Phi) is 5.33. The van der Waals surface area contributed by atoms with Crippen LogP contribution in [0.3, 0.4) is 0 Å². The number of Topliss-reactive ketones (excluding diaryl/α,β-unsaturated/α-hetero) is 1. The van der Waals surface area contributed by atoms with Crippen molar-refractivity contribution in [3.05, 3.63) is 76.5 Å². The summed E-state index contributed by atoms with van der Waals surface area (Å²) in [5.41, 5.74) is 1.85. The quantitative estimate of drug-likeness (QED) is 0.311. The van der Waals surface area contributed by atoms with E-state index in [1.165, 1.54) is 14.2 Å². The Balaban J connectivity index is 1.42. The molecule has 0 aliphatic carbocycles. The predicted molar refractivity (Wildman–Crippen MR) is 121 cm³/mol. The third-order valence-electron chi connectivity index (χ3n) is 5.57. The van der Waals surface area contributed by atoms with Gasteiger partial charge in [0, 0.05) is 11.1 Å². The molecule has 2 aliphatic heterocycles. The van der Waals surface area contributed by atoms with Crippen molar-refractivity contribution in [1.82, 2.24) is 0 Å². The van der Waals surface area contributed by atoms with E-state index in [0.29, 0.717) is 51.0 Å². The first-order valence-corrected chi connectivity index (χ1v) is 10.4. The fourth-order valence-electron chi connectivity index (χ4n) is 3.83. The second kappa shape index (κ2) is 8.47. The number of esters is 1. The zero-order valence-electron chi connectivity index (χ0n) is 18.7. The monoisotopic (exact) mass is 460 g/mol. The third kappa shape index (κ3) is 3.59. The summed E-state index contributed by atoms with van der Waals surface area (Å²) < 4.78 is 32.8. The highest BCUT2D eigenvalue weighted by Gasteiger charge is 2.31. The van der Waals surface area contributed by atoms with Crippen LogP contribution in [0.5, 0.6) is 34.5 Å². The molecule has 3 aromatic carbocycles. The number of carbonyl (C=O) groups is 2. The number of rotatable bonds is 5. The molecule has 2 aliphatic rings. The fourth-order valence-corrected chi connectivity index (χ4v) is 3.83. The number of hydrogen-bond donors (Lipinski definition) is 0. The minimum absolute atomic E-state index is 0.112. The molecule has 0 bridgehead atoms. The van der Waals surface area contributed by atoms with Gasteiger partial charge in [-0.15, -0.1) is 0 Å². The van der Waals surface area contributed by atoms with Crippen LogP contribution in [-0.2, 0) is 0 Å². The first-order valence-electron chi connectivity index (χ1n) is 10.4. The van der Waals surface area contributed by atoms with Gasteiger partial charge in [-0.05, 0) is 49.4 Å². The zero-order chi connectivity index (χ0) is 23.8. The number of ether oxygens (including phenoxy) is 6. The molecule has 0 saturated heterocycles. The van der Waals surface area contributed by atoms with E-state index in [0.717, 1.165) is 0 Å². The molecule has 0 N–H and O–H groups in total. The number of para-hydroxylation sites is 1. The lowest BCUT2D eigenvalue weighted by atomic mass is 10.1. The van der Waals surface area contributed by atoms with Gasteiger partial charge in [0.25, 0.3) is 0 Å². The first-order chi connectivity index (χ1) is 16.5. The number of ketones is 1. The SMILES string of the molecule is COc1cccc(/C=C2\Oc3c(ccc(OC(=O)c4ccc5c(c4)OCO5)c3C)C2=O)c1OC. The lowest BCUT2D eigenvalue weighted by molar-refractivity contribution is 0.0732. The van der Waals surface area contributed by atoms with Gasteiger partial charge in [-0.2, -0.15) is 0 Å². The van der Waals surface area contributed by atoms with Crippen LogP contribution in [-0.4, -0.2) is 32.8 Å². The van der Waals surface area contributed by atoms with Crippen molar-refractivity contribution in [3.8, 4) is 34.5 Å². The molecule has 0 saturated carbocycles. The summed E-state index contributed by atoms with van der Waals surface area (Å²) in [7, 11) is 3.06. The van der Waals surface area contributed by atoms with Crippen LogP contribution in [0.1, 0.15) is 31.8 Å². The maximum absolute atomic E-state index is 13.0. The lowest BCUT2D eigenvalue weighted by Crippen LogP contribution is -2.09. The number of benzene rings is 3. The summed E-state index contributed by atoms with van der Waals surface area (Å²) >= 11 is 0. The van der Waals surface area contributed by atoms with Crippen LogP contribution in [0.25, 0.3) is 6.08 Å². The second-order valence-corrected chi connectivity index (χ2v) is 7.55. The molecule has 3 aromatic rings. The molecule has 0 spiro atoms. The van der Waals surface area contributed by atoms with E-state index in [2.05, 4.69) is 0 Å². The molecule has 0 fully saturated rings. The van der Waals surface area contributed by atoms with Crippen LogP contribution in [0.2, 0.25) is 0 Å². The number of hydrogen-bond acceptors (Lipinski definition) is 8. The van der Waals surface area contributed by atoms with E-state index >= 15 is 0 Å². The Morgan fingerprint density at radius 2 is 1.79 bits per heavy atom. The van der Waals surface area contributed by atoms with Crippen molar-refractivity contribution in [2.75, 3.05) is 21.0 Å². The summed E-state index contributed by atoms with van der Waals surface area (Å²) in [6.45, 7) is 1.84. The molecule has 2 heterocycles. The third-order valence-corrected chi connectivity index (χ3v) is 5.57. The molecule has 172 valence electrons. The van der Waals surface area contributed by atoms with Crippen molar-refractivity contribution in [2.45, 2.75) is 6.92 Å². The smallest absolute Gasteiger partial charge is 0.343 e. The highest BCUT2D eigenvalue weighted by Crippen LogP contribution is 2.41. The largest absolute Gasteiger partial charge is 0.493 e. The average molecular weight is 460 g/mol. The van der Waals surface area contributed by atoms with Crippen molar-refractivity contribution >= 4 is 17.8 Å². The van der Waals surface area contributed by atoms with Gasteiger partial charge in [-0.25, -0.2) is 4.79 Å². The highest BCUT2D eigenvalue weighted by atomic mass is 16.7. The van der Waals surface area contributed by atoms with Crippen LogP contribution < -0.4 is 28.4 Å². The molecule has 0 amide bonds. The van der Waals surface area contributed by atoms with Crippen LogP contribution in [0, 0.1) is 6.92 Å². The first kappa shape index (κ1) is 21.4. The molecular weight excluding hydrogens is 440 g/mol. The van der Waals surface area contributed by atoms with Crippen molar-refractivity contribution in [2.24, 2.45) is 0 Å². The minimum atomic E-state index is -0.567. The number of fused-ring (bicyclic) bond motifs is 2. The van der Waals surface area contributed by atoms with Gasteiger partial charge >= 0.3 is 5.97 Å². The molecule has 0 atom stereocenters. The number of carbonyl (C=O) groups excluding carboxylic acids is 2. The molecule has 8 nitrogen and oxygen atoms in total. The van der Waals surface area contributed by atoms with Crippen LogP contribution in [0.4, 0.5) is 0 Å². The standard InChI is InChI=1S/C26H20O8/c1-14-18(34-26(28)16-7-9-19-21(12-16)32-13-31-19)10-8-17-23(27)22(33-24(14)17)11-15-5-4-6-20(29-2)25(15)30-3/h4-12H,13H2,1-3H3/b22-11-. The van der Waals surface area contributed by atoms with Crippen molar-refractivity contribution < 1.29 is 38.0 Å². The van der Waals surface area contributed by atoms with Gasteiger partial charge in [0.05, 0.1) is 25.3 Å². The predicted octanol–water partition coefficient (Wildman–Crippen LogP) is 4.58. The minimum Gasteiger partial charge on any atom is -0.493 e. The van der Waals surface area contributed by atoms with E-state index in [1.807, 2.05) is 0 Å². The van der Waals surface area contributed by atoms with Crippen LogP contribution in [0.15, 0.2) is 54.3 Å². The Labute approximate surface area is 195 Å². The maximum Gasteiger partial charge on any atom is 0.343 e. The molecule has 5 rings (SSSR count). The van der Waals surface area contributed by atoms with E-state index in [1.54, 1.807) is 61.5 Å². The molecule has 0 radical (unpaired) electrons. The van der Waals surface area contributed by atoms with Crippen molar-refractivity contribution in [3.63, 3.8) is 0 Å². The topological polar surface area (TPSA) is 89.5 Å². The maximum atomic E-state index is 13.0. The normalized spacial score (nSPS) is 14.6. The number of methoxy groups -OCH3 is 2. The van der Waals surface area contributed by atoms with Gasteiger partial charge in [-0.3, -0.25) is 4.79 Å². The molecule has 34 heavy (non-hydrogen) atoms. The zero-order valence-corrected chi connectivity index (χ0v) is 18.7. The fraction of sp³-hybridized carbons (Fsp3) is 0.154. The second-order valence-electron chi connectivity index (χ2n) is 7.55. The lowest BCUT2D eigenvalue weighted by Gasteiger charge is -2.11. The Bertz CT molecular complexity index is 1360. The average Bonchev–Trinajstić information content (AvgIpc) is 3.45. The number of allylic oxidation sites excluding steroid dienone is 1. The van der Waals surface area contributed by atoms with E-state index in [-0.39, 0.29) is 24.1 Å². The highest BCUT2D eigenvalue weighted by molar-refractivity contribution is 6.15. The van der Waals surface area contributed by atoms with Gasteiger partial charge < -0.3 is 28.4 Å². The van der Waals surface area contributed by atoms with Gasteiger partial charge in [0.2, 0.25) is 12.6 Å². The molecule has 8 heteroatoms. The van der Waals surface area contributed by atoms with E-state index < -0.39 is 5.97 Å². The molecule has 0 unspecified atom stereocenters. The van der Waals surface area contributed by atoms with E-state index in [9.17, 15) is 9.59 Å². The summed E-state index contributed by atoms with van der Waals surface area (Å²) in [5.74, 6) is 1.99. The summed E-state index contributed by atoms with van der Waals surface area (Å²) in [4.78, 5) is 25.7. The molecule has 0 aromatic heterocycles. The van der Waals surface area contributed by atoms with E-state index in [4.69, 9.17) is 28.4 Å². The van der Waals surface area contributed by atoms with Crippen molar-refractivity contribution in [1.29, 1.82) is 0 Å². The van der Waals surface area contributed by atoms with Gasteiger partial charge in [0.1, 0.15) is 11.5 Å². The van der Waals surface area contributed by atoms with Crippen LogP contribution >= 0.6 is 0 Å².